The van der Waals surface area contributed by atoms with Crippen LogP contribution in [0.5, 0.6) is 5.75 Å². The second-order valence-corrected chi connectivity index (χ2v) is 9.99. The first-order valence-electron chi connectivity index (χ1n) is 11.4. The normalized spacial score (nSPS) is 14.4. The minimum absolute atomic E-state index is 0.0211. The Bertz CT molecular complexity index is 1230. The number of amides is 1. The monoisotopic (exact) mass is 524 g/mol. The molecule has 0 aromatic heterocycles. The number of rotatable bonds is 10. The van der Waals surface area contributed by atoms with Crippen LogP contribution < -0.4 is 9.50 Å². The van der Waals surface area contributed by atoms with E-state index in [0.717, 1.165) is 42.6 Å². The number of fused-ring (bicyclic) bond motifs is 1. The molecule has 0 bridgehead atoms. The van der Waals surface area contributed by atoms with Crippen molar-refractivity contribution in [1.82, 2.24) is 10.2 Å². The highest BCUT2D eigenvalue weighted by molar-refractivity contribution is 7.88. The van der Waals surface area contributed by atoms with E-state index in [9.17, 15) is 31.2 Å². The lowest BCUT2D eigenvalue weighted by atomic mass is 9.99. The number of benzene rings is 2. The summed E-state index contributed by atoms with van der Waals surface area (Å²) in [7, 11) is -5.71. The summed E-state index contributed by atoms with van der Waals surface area (Å²) in [6, 6.07) is 11.1. The number of alkyl halides is 3. The van der Waals surface area contributed by atoms with Gasteiger partial charge in [0.2, 0.25) is 5.91 Å². The molecule has 1 aliphatic rings. The van der Waals surface area contributed by atoms with Crippen molar-refractivity contribution in [2.75, 3.05) is 19.6 Å². The molecular formula is C25H27F3N2O5S. The minimum Gasteiger partial charge on any atom is -0.376 e. The van der Waals surface area contributed by atoms with Gasteiger partial charge < -0.3 is 9.50 Å². The Morgan fingerprint density at radius 1 is 1.08 bits per heavy atom. The molecule has 0 atom stereocenters. The maximum atomic E-state index is 12.6. The van der Waals surface area contributed by atoms with E-state index in [1.54, 1.807) is 36.4 Å². The lowest BCUT2D eigenvalue weighted by Crippen LogP contribution is -2.32. The van der Waals surface area contributed by atoms with Crippen LogP contribution in [0.25, 0.3) is 6.08 Å². The number of ketones is 1. The number of halogens is 3. The zero-order valence-electron chi connectivity index (χ0n) is 19.7. The summed E-state index contributed by atoms with van der Waals surface area (Å²) in [6.07, 6.45) is 5.33. The summed E-state index contributed by atoms with van der Waals surface area (Å²) in [5.41, 5.74) is -2.40. The smallest absolute Gasteiger partial charge is 0.376 e. The molecule has 2 aromatic rings. The Balaban J connectivity index is 1.40. The van der Waals surface area contributed by atoms with Crippen molar-refractivity contribution < 1.29 is 35.4 Å². The molecular weight excluding hydrogens is 497 g/mol. The van der Waals surface area contributed by atoms with Crippen molar-refractivity contribution in [1.29, 1.82) is 0 Å². The largest absolute Gasteiger partial charge is 0.534 e. The average molecular weight is 525 g/mol. The maximum Gasteiger partial charge on any atom is 0.534 e. The van der Waals surface area contributed by atoms with Gasteiger partial charge in [-0.25, -0.2) is 0 Å². The lowest BCUT2D eigenvalue weighted by molar-refractivity contribution is -0.116. The Morgan fingerprint density at radius 2 is 1.81 bits per heavy atom. The molecule has 0 unspecified atom stereocenters. The number of hydrogen-bond acceptors (Lipinski definition) is 6. The van der Waals surface area contributed by atoms with Crippen molar-refractivity contribution in [3.63, 3.8) is 0 Å². The molecule has 0 saturated heterocycles. The van der Waals surface area contributed by atoms with Crippen LogP contribution in [0.2, 0.25) is 0 Å². The summed E-state index contributed by atoms with van der Waals surface area (Å²) in [5.74, 6) is -0.607. The molecule has 0 spiro atoms. The number of carbonyl (C=O) groups excluding carboxylic acids is 2. The zero-order chi connectivity index (χ0) is 26.3. The lowest BCUT2D eigenvalue weighted by Gasteiger charge is -2.29. The van der Waals surface area contributed by atoms with Gasteiger partial charge in [0.1, 0.15) is 5.75 Å². The predicted molar refractivity (Wildman–Crippen MR) is 129 cm³/mol. The first kappa shape index (κ1) is 27.4. The number of nitrogens with one attached hydrogen (secondary N) is 1. The summed E-state index contributed by atoms with van der Waals surface area (Å²) < 4.78 is 64.4. The molecule has 1 heterocycles. The predicted octanol–water partition coefficient (Wildman–Crippen LogP) is 4.09. The van der Waals surface area contributed by atoms with Crippen molar-refractivity contribution in [3.8, 4) is 5.75 Å². The van der Waals surface area contributed by atoms with E-state index in [0.29, 0.717) is 25.1 Å². The molecule has 1 aliphatic heterocycles. The summed E-state index contributed by atoms with van der Waals surface area (Å²) in [6.45, 7) is 3.94. The van der Waals surface area contributed by atoms with Gasteiger partial charge in [-0.2, -0.15) is 21.6 Å². The molecule has 3 rings (SSSR count). The molecule has 1 amide bonds. The van der Waals surface area contributed by atoms with Gasteiger partial charge in [0.15, 0.2) is 5.78 Å². The molecule has 11 heteroatoms. The maximum absolute atomic E-state index is 12.6. The quantitative estimate of drug-likeness (QED) is 0.166. The van der Waals surface area contributed by atoms with Gasteiger partial charge in [-0.3, -0.25) is 14.5 Å². The topological polar surface area (TPSA) is 92.8 Å². The van der Waals surface area contributed by atoms with Crippen LogP contribution in [0.1, 0.15) is 46.8 Å². The summed E-state index contributed by atoms with van der Waals surface area (Å²) in [4.78, 5) is 25.4. The number of unbranched alkanes of at least 4 members (excludes halogenated alkanes) is 1. The molecule has 2 aromatic carbocycles. The van der Waals surface area contributed by atoms with Crippen molar-refractivity contribution in [2.24, 2.45) is 0 Å². The molecule has 0 aliphatic carbocycles. The summed E-state index contributed by atoms with van der Waals surface area (Å²) >= 11 is 0. The fourth-order valence-electron chi connectivity index (χ4n) is 3.74. The standard InChI is InChI=1S/C25H27F3N2O5S/c1-18(31)20-7-4-19(5-8-20)6-11-24(32)29-13-2-3-14-30-15-12-21-9-10-23(16-22(21)17-30)35-36(33,34)25(26,27)28/h4-11,16H,2-3,12-15,17H2,1H3,(H,29,32)/b11-6+. The minimum atomic E-state index is -5.71. The number of Topliss-reactive ketones (excluding diaryl/α,β-unsaturated/α-hetero) is 1. The molecule has 0 saturated carbocycles. The van der Waals surface area contributed by atoms with Gasteiger partial charge in [0, 0.05) is 31.3 Å². The van der Waals surface area contributed by atoms with Crippen LogP contribution in [0.4, 0.5) is 13.2 Å². The second kappa shape index (κ2) is 11.7. The van der Waals surface area contributed by atoms with Gasteiger partial charge >= 0.3 is 15.6 Å². The number of hydrogen-bond donors (Lipinski definition) is 1. The van der Waals surface area contributed by atoms with Crippen molar-refractivity contribution in [2.45, 2.75) is 38.2 Å². The number of nitrogens with zero attached hydrogens (tertiary/aromatic N) is 1. The van der Waals surface area contributed by atoms with Crippen LogP contribution in [-0.4, -0.2) is 50.2 Å². The van der Waals surface area contributed by atoms with Crippen LogP contribution in [0.3, 0.4) is 0 Å². The average Bonchev–Trinajstić information content (AvgIpc) is 2.81. The van der Waals surface area contributed by atoms with E-state index in [2.05, 4.69) is 14.4 Å². The van der Waals surface area contributed by atoms with Crippen LogP contribution >= 0.6 is 0 Å². The van der Waals surface area contributed by atoms with Crippen LogP contribution in [-0.2, 0) is 27.9 Å². The highest BCUT2D eigenvalue weighted by Crippen LogP contribution is 2.29. The van der Waals surface area contributed by atoms with E-state index in [4.69, 9.17) is 0 Å². The molecule has 0 fully saturated rings. The Hall–Kier alpha value is -3.18. The Labute approximate surface area is 208 Å². The van der Waals surface area contributed by atoms with Gasteiger partial charge in [-0.05, 0) is 67.6 Å². The van der Waals surface area contributed by atoms with E-state index in [1.165, 1.54) is 25.1 Å². The Kier molecular flexibility index (Phi) is 8.91. The molecule has 7 nitrogen and oxygen atoms in total. The van der Waals surface area contributed by atoms with E-state index < -0.39 is 15.6 Å². The van der Waals surface area contributed by atoms with Crippen LogP contribution in [0.15, 0.2) is 48.5 Å². The molecule has 36 heavy (non-hydrogen) atoms. The van der Waals surface area contributed by atoms with Crippen molar-refractivity contribution in [3.05, 3.63) is 70.8 Å². The molecule has 194 valence electrons. The second-order valence-electron chi connectivity index (χ2n) is 8.45. The highest BCUT2D eigenvalue weighted by Gasteiger charge is 2.48. The van der Waals surface area contributed by atoms with E-state index in [1.807, 2.05) is 0 Å². The zero-order valence-corrected chi connectivity index (χ0v) is 20.5. The fourth-order valence-corrected chi connectivity index (χ4v) is 4.19. The number of carbonyl (C=O) groups is 2. The van der Waals surface area contributed by atoms with E-state index >= 15 is 0 Å². The first-order valence-corrected chi connectivity index (χ1v) is 12.8. The van der Waals surface area contributed by atoms with Crippen molar-refractivity contribution >= 4 is 27.9 Å². The third-order valence-corrected chi connectivity index (χ3v) is 6.68. The fraction of sp³-hybridized carbons (Fsp3) is 0.360. The highest BCUT2D eigenvalue weighted by atomic mass is 32.2. The van der Waals surface area contributed by atoms with Gasteiger partial charge in [0.05, 0.1) is 0 Å². The molecule has 0 radical (unpaired) electrons. The van der Waals surface area contributed by atoms with Gasteiger partial charge in [-0.1, -0.05) is 30.3 Å². The van der Waals surface area contributed by atoms with Gasteiger partial charge in [-0.15, -0.1) is 0 Å². The third-order valence-electron chi connectivity index (χ3n) is 5.70. The summed E-state index contributed by atoms with van der Waals surface area (Å²) in [5, 5.41) is 2.81. The molecule has 1 N–H and O–H groups in total. The van der Waals surface area contributed by atoms with Gasteiger partial charge in [0.25, 0.3) is 0 Å². The Morgan fingerprint density at radius 3 is 2.47 bits per heavy atom. The SMILES string of the molecule is CC(=O)c1ccc(/C=C/C(=O)NCCCCN2CCc3ccc(OS(=O)(=O)C(F)(F)F)cc3C2)cc1. The first-order chi connectivity index (χ1) is 16.9. The van der Waals surface area contributed by atoms with Crippen LogP contribution in [0, 0.1) is 0 Å². The third kappa shape index (κ3) is 7.66. The van der Waals surface area contributed by atoms with E-state index in [-0.39, 0.29) is 17.4 Å².